The van der Waals surface area contributed by atoms with Gasteiger partial charge in [-0.25, -0.2) is 0 Å². The number of nitrogens with zero attached hydrogens (tertiary/aromatic N) is 2. The van der Waals surface area contributed by atoms with Gasteiger partial charge < -0.3 is 15.1 Å². The van der Waals surface area contributed by atoms with Gasteiger partial charge in [0.1, 0.15) is 0 Å². The molecule has 2 amide bonds. The molecule has 2 aromatic carbocycles. The average Bonchev–Trinajstić information content (AvgIpc) is 2.74. The number of rotatable bonds is 7. The van der Waals surface area contributed by atoms with Crippen LogP contribution in [0.4, 0.5) is 11.4 Å². The van der Waals surface area contributed by atoms with E-state index >= 15 is 0 Å². The Kier molecular flexibility index (Phi) is 7.06. The van der Waals surface area contributed by atoms with E-state index in [1.165, 1.54) is 0 Å². The molecule has 0 aliphatic carbocycles. The van der Waals surface area contributed by atoms with E-state index in [9.17, 15) is 9.59 Å². The molecule has 5 heteroatoms. The Hall–Kier alpha value is -2.82. The molecule has 0 atom stereocenters. The van der Waals surface area contributed by atoms with Crippen LogP contribution in [-0.4, -0.2) is 42.9 Å². The number of anilines is 2. The highest BCUT2D eigenvalue weighted by Gasteiger charge is 2.23. The van der Waals surface area contributed by atoms with Crippen LogP contribution in [-0.2, 0) is 4.79 Å². The minimum atomic E-state index is 0.0683. The third-order valence-electron chi connectivity index (χ3n) is 5.11. The van der Waals surface area contributed by atoms with E-state index in [2.05, 4.69) is 17.1 Å². The topological polar surface area (TPSA) is 52.7 Å². The summed E-state index contributed by atoms with van der Waals surface area (Å²) in [4.78, 5) is 29.0. The molecule has 2 aromatic rings. The minimum absolute atomic E-state index is 0.0683. The molecule has 1 aliphatic heterocycles. The maximum Gasteiger partial charge on any atom is 0.253 e. The molecular weight excluding hydrogens is 350 g/mol. The van der Waals surface area contributed by atoms with Gasteiger partial charge in [0.15, 0.2) is 0 Å². The van der Waals surface area contributed by atoms with Crippen molar-refractivity contribution in [3.63, 3.8) is 0 Å². The van der Waals surface area contributed by atoms with Crippen molar-refractivity contribution in [2.24, 2.45) is 0 Å². The molecule has 0 spiro atoms. The van der Waals surface area contributed by atoms with E-state index in [4.69, 9.17) is 0 Å². The number of amides is 2. The molecule has 1 fully saturated rings. The fourth-order valence-electron chi connectivity index (χ4n) is 3.52. The summed E-state index contributed by atoms with van der Waals surface area (Å²) in [7, 11) is 0. The van der Waals surface area contributed by atoms with Crippen molar-refractivity contribution in [2.45, 2.75) is 32.6 Å². The molecule has 1 aliphatic rings. The van der Waals surface area contributed by atoms with Gasteiger partial charge in [0.25, 0.3) is 5.91 Å². The molecule has 0 saturated carbocycles. The van der Waals surface area contributed by atoms with Crippen LogP contribution in [0.1, 0.15) is 43.0 Å². The summed E-state index contributed by atoms with van der Waals surface area (Å²) < 4.78 is 0. The number of unbranched alkanes of at least 4 members (excludes halogenated alkanes) is 2. The van der Waals surface area contributed by atoms with Crippen molar-refractivity contribution >= 4 is 23.2 Å². The largest absolute Gasteiger partial charge is 0.366 e. The molecule has 5 nitrogen and oxygen atoms in total. The Morgan fingerprint density at radius 3 is 2.29 bits per heavy atom. The Morgan fingerprint density at radius 2 is 1.57 bits per heavy atom. The third kappa shape index (κ3) is 5.12. The Morgan fingerprint density at radius 1 is 0.893 bits per heavy atom. The number of carbonyl (C=O) groups is 2. The van der Waals surface area contributed by atoms with Crippen molar-refractivity contribution < 1.29 is 9.59 Å². The zero-order chi connectivity index (χ0) is 19.8. The number of piperazine rings is 1. The van der Waals surface area contributed by atoms with Crippen LogP contribution in [0.3, 0.4) is 0 Å². The van der Waals surface area contributed by atoms with Crippen molar-refractivity contribution in [1.29, 1.82) is 0 Å². The van der Waals surface area contributed by atoms with E-state index < -0.39 is 0 Å². The summed E-state index contributed by atoms with van der Waals surface area (Å²) in [6, 6.07) is 17.3. The first kappa shape index (κ1) is 19.9. The predicted molar refractivity (Wildman–Crippen MR) is 114 cm³/mol. The van der Waals surface area contributed by atoms with Gasteiger partial charge in [0.2, 0.25) is 5.91 Å². The second-order valence-electron chi connectivity index (χ2n) is 7.17. The van der Waals surface area contributed by atoms with E-state index in [0.29, 0.717) is 19.5 Å². The first-order valence-corrected chi connectivity index (χ1v) is 10.2. The first-order chi connectivity index (χ1) is 13.7. The van der Waals surface area contributed by atoms with Gasteiger partial charge in [0, 0.05) is 38.2 Å². The summed E-state index contributed by atoms with van der Waals surface area (Å²) in [6.07, 6.45) is 3.66. The van der Waals surface area contributed by atoms with E-state index in [1.807, 2.05) is 59.5 Å². The Balaban J connectivity index is 1.60. The molecule has 1 heterocycles. The van der Waals surface area contributed by atoms with Gasteiger partial charge in [-0.05, 0) is 30.7 Å². The molecular formula is C23H29N3O2. The van der Waals surface area contributed by atoms with Crippen molar-refractivity contribution in [3.05, 3.63) is 60.2 Å². The molecule has 0 bridgehead atoms. The highest BCUT2D eigenvalue weighted by Crippen LogP contribution is 2.27. The summed E-state index contributed by atoms with van der Waals surface area (Å²) in [5.41, 5.74) is 2.61. The number of hydrogen-bond donors (Lipinski definition) is 1. The normalized spacial score (nSPS) is 14.0. The first-order valence-electron chi connectivity index (χ1n) is 10.2. The van der Waals surface area contributed by atoms with Crippen LogP contribution >= 0.6 is 0 Å². The molecule has 0 unspecified atom stereocenters. The summed E-state index contributed by atoms with van der Waals surface area (Å²) in [6.45, 7) is 4.98. The van der Waals surface area contributed by atoms with Crippen LogP contribution in [0, 0.1) is 0 Å². The van der Waals surface area contributed by atoms with Gasteiger partial charge in [-0.1, -0.05) is 50.1 Å². The lowest BCUT2D eigenvalue weighted by Crippen LogP contribution is -2.49. The number of nitrogens with one attached hydrogen (secondary N) is 1. The van der Waals surface area contributed by atoms with Crippen molar-refractivity contribution in [3.8, 4) is 0 Å². The number of para-hydroxylation sites is 2. The lowest BCUT2D eigenvalue weighted by atomic mass is 10.1. The highest BCUT2D eigenvalue weighted by molar-refractivity contribution is 5.95. The van der Waals surface area contributed by atoms with Gasteiger partial charge in [-0.15, -0.1) is 0 Å². The molecule has 148 valence electrons. The maximum atomic E-state index is 12.6. The van der Waals surface area contributed by atoms with Gasteiger partial charge in [-0.2, -0.15) is 0 Å². The SMILES string of the molecule is CCCCCC(=O)Nc1ccccc1N1CCN(C(=O)c2ccccc2)CC1. The molecule has 3 rings (SSSR count). The predicted octanol–water partition coefficient (Wildman–Crippen LogP) is 4.17. The third-order valence-corrected chi connectivity index (χ3v) is 5.11. The van der Waals surface area contributed by atoms with E-state index in [-0.39, 0.29) is 11.8 Å². The lowest BCUT2D eigenvalue weighted by Gasteiger charge is -2.37. The lowest BCUT2D eigenvalue weighted by molar-refractivity contribution is -0.116. The molecule has 1 saturated heterocycles. The molecule has 0 aromatic heterocycles. The minimum Gasteiger partial charge on any atom is -0.366 e. The van der Waals surface area contributed by atoms with E-state index in [0.717, 1.165) is 49.3 Å². The second-order valence-corrected chi connectivity index (χ2v) is 7.17. The van der Waals surface area contributed by atoms with Crippen LogP contribution in [0.15, 0.2) is 54.6 Å². The monoisotopic (exact) mass is 379 g/mol. The quantitative estimate of drug-likeness (QED) is 0.735. The Bertz CT molecular complexity index is 783. The smallest absolute Gasteiger partial charge is 0.253 e. The van der Waals surface area contributed by atoms with Crippen molar-refractivity contribution in [1.82, 2.24) is 4.90 Å². The van der Waals surface area contributed by atoms with Crippen LogP contribution in [0.5, 0.6) is 0 Å². The van der Waals surface area contributed by atoms with Gasteiger partial charge in [-0.3, -0.25) is 9.59 Å². The summed E-state index contributed by atoms with van der Waals surface area (Å²) in [5.74, 6) is 0.150. The van der Waals surface area contributed by atoms with Crippen LogP contribution in [0.25, 0.3) is 0 Å². The summed E-state index contributed by atoms with van der Waals surface area (Å²) in [5, 5.41) is 3.07. The fraction of sp³-hybridized carbons (Fsp3) is 0.391. The summed E-state index contributed by atoms with van der Waals surface area (Å²) >= 11 is 0. The number of hydrogen-bond acceptors (Lipinski definition) is 3. The van der Waals surface area contributed by atoms with Gasteiger partial charge in [0.05, 0.1) is 11.4 Å². The fourth-order valence-corrected chi connectivity index (χ4v) is 3.52. The number of carbonyl (C=O) groups excluding carboxylic acids is 2. The van der Waals surface area contributed by atoms with Crippen LogP contribution in [0.2, 0.25) is 0 Å². The molecule has 0 radical (unpaired) electrons. The van der Waals surface area contributed by atoms with Gasteiger partial charge >= 0.3 is 0 Å². The Labute approximate surface area is 167 Å². The highest BCUT2D eigenvalue weighted by atomic mass is 16.2. The molecule has 1 N–H and O–H groups in total. The van der Waals surface area contributed by atoms with E-state index in [1.54, 1.807) is 0 Å². The van der Waals surface area contributed by atoms with Crippen LogP contribution < -0.4 is 10.2 Å². The standard InChI is InChI=1S/C23H29N3O2/c1-2-3-5-14-22(27)24-20-12-8-9-13-21(20)25-15-17-26(18-16-25)23(28)19-10-6-4-7-11-19/h4,6-13H,2-3,5,14-18H2,1H3,(H,24,27). The maximum absolute atomic E-state index is 12.6. The zero-order valence-electron chi connectivity index (χ0n) is 16.6. The average molecular weight is 380 g/mol. The van der Waals surface area contributed by atoms with Crippen molar-refractivity contribution in [2.75, 3.05) is 36.4 Å². The second kappa shape index (κ2) is 9.93. The zero-order valence-corrected chi connectivity index (χ0v) is 16.6. The molecule has 28 heavy (non-hydrogen) atoms. The number of benzene rings is 2.